The van der Waals surface area contributed by atoms with E-state index in [4.69, 9.17) is 23.7 Å². The highest BCUT2D eigenvalue weighted by atomic mass is 16.5. The number of hydrogen-bond donors (Lipinski definition) is 1. The average molecular weight is 385 g/mol. The maximum Gasteiger partial charge on any atom is 0.212 e. The zero-order valence-electron chi connectivity index (χ0n) is 16.1. The summed E-state index contributed by atoms with van der Waals surface area (Å²) >= 11 is 0. The van der Waals surface area contributed by atoms with Crippen molar-refractivity contribution in [3.05, 3.63) is 29.5 Å². The number of ketones is 1. The van der Waals surface area contributed by atoms with E-state index in [0.29, 0.717) is 39.7 Å². The van der Waals surface area contributed by atoms with E-state index < -0.39 is 0 Å². The molecule has 0 amide bonds. The van der Waals surface area contributed by atoms with Gasteiger partial charge in [0, 0.05) is 5.39 Å². The van der Waals surface area contributed by atoms with Gasteiger partial charge >= 0.3 is 0 Å². The molecule has 0 saturated heterocycles. The van der Waals surface area contributed by atoms with Crippen molar-refractivity contribution in [3.8, 4) is 40.2 Å². The van der Waals surface area contributed by atoms with E-state index in [9.17, 15) is 9.90 Å². The molecule has 3 aromatic rings. The van der Waals surface area contributed by atoms with E-state index in [1.807, 2.05) is 0 Å². The van der Waals surface area contributed by atoms with Crippen molar-refractivity contribution in [1.82, 2.24) is 4.57 Å². The average Bonchev–Trinajstić information content (AvgIpc) is 3.21. The second-order valence-corrected chi connectivity index (χ2v) is 6.13. The Hall–Kier alpha value is -3.55. The van der Waals surface area contributed by atoms with Crippen LogP contribution in [-0.2, 0) is 0 Å². The highest BCUT2D eigenvalue weighted by molar-refractivity contribution is 6.19. The lowest BCUT2D eigenvalue weighted by molar-refractivity contribution is 0.104. The normalized spacial score (nSPS) is 12.0. The van der Waals surface area contributed by atoms with Gasteiger partial charge in [-0.15, -0.1) is 0 Å². The number of ether oxygens (including phenoxy) is 5. The molecule has 0 spiro atoms. The number of carbonyl (C=O) groups excluding carboxylic acids is 1. The van der Waals surface area contributed by atoms with Gasteiger partial charge in [0.2, 0.25) is 17.3 Å². The van der Waals surface area contributed by atoms with Crippen LogP contribution < -0.4 is 23.7 Å². The number of aromatic hydroxyl groups is 1. The van der Waals surface area contributed by atoms with Crippen LogP contribution in [0, 0.1) is 0 Å². The van der Waals surface area contributed by atoms with Crippen LogP contribution in [0.15, 0.2) is 18.2 Å². The van der Waals surface area contributed by atoms with Crippen LogP contribution in [0.3, 0.4) is 0 Å². The zero-order valence-corrected chi connectivity index (χ0v) is 16.1. The van der Waals surface area contributed by atoms with Crippen molar-refractivity contribution in [2.24, 2.45) is 0 Å². The Bertz CT molecular complexity index is 1130. The fourth-order valence-corrected chi connectivity index (χ4v) is 3.73. The minimum Gasteiger partial charge on any atom is -0.502 e. The summed E-state index contributed by atoms with van der Waals surface area (Å²) < 4.78 is 28.8. The molecule has 146 valence electrons. The van der Waals surface area contributed by atoms with E-state index >= 15 is 0 Å². The first kappa shape index (κ1) is 17.8. The van der Waals surface area contributed by atoms with Crippen LogP contribution in [0.1, 0.15) is 16.1 Å². The lowest BCUT2D eigenvalue weighted by atomic mass is 10.1. The largest absolute Gasteiger partial charge is 0.502 e. The summed E-state index contributed by atoms with van der Waals surface area (Å²) in [6.07, 6.45) is 0. The summed E-state index contributed by atoms with van der Waals surface area (Å²) in [5, 5.41) is 11.3. The number of rotatable bonds is 5. The smallest absolute Gasteiger partial charge is 0.212 e. The number of hydrogen-bond acceptors (Lipinski definition) is 7. The molecular weight excluding hydrogens is 366 g/mol. The maximum absolute atomic E-state index is 13.1. The molecule has 0 atom stereocenters. The second kappa shape index (κ2) is 6.26. The predicted octanol–water partition coefficient (Wildman–Crippen LogP) is 2.92. The van der Waals surface area contributed by atoms with E-state index in [1.165, 1.54) is 41.6 Å². The summed E-state index contributed by atoms with van der Waals surface area (Å²) in [5.74, 6) is 1.17. The first-order chi connectivity index (χ1) is 13.5. The molecule has 1 aromatic heterocycles. The highest BCUT2D eigenvalue weighted by Gasteiger charge is 2.36. The van der Waals surface area contributed by atoms with Gasteiger partial charge in [-0.2, -0.15) is 0 Å². The molecule has 1 aliphatic rings. The van der Waals surface area contributed by atoms with Gasteiger partial charge in [0.25, 0.3) is 0 Å². The van der Waals surface area contributed by atoms with Gasteiger partial charge in [-0.3, -0.25) is 9.36 Å². The predicted molar refractivity (Wildman–Crippen MR) is 101 cm³/mol. The standard InChI is InChI=1S/C20H19NO7/c1-24-12-8-10-15(19(27-4)17(12)23)21-11(16(10)22)6-9-7-13(25-2)18(26-3)20(28-5)14(9)21/h6-8,23H,1-5H3. The molecule has 2 aromatic carbocycles. The minimum absolute atomic E-state index is 0.135. The number of benzene rings is 2. The molecule has 0 bridgehead atoms. The molecule has 8 nitrogen and oxygen atoms in total. The topological polar surface area (TPSA) is 88.4 Å². The Kier molecular flexibility index (Phi) is 3.99. The Morgan fingerprint density at radius 3 is 2.00 bits per heavy atom. The zero-order chi connectivity index (χ0) is 20.2. The maximum atomic E-state index is 13.1. The second-order valence-electron chi connectivity index (χ2n) is 6.13. The molecule has 4 rings (SSSR count). The van der Waals surface area contributed by atoms with E-state index in [2.05, 4.69) is 0 Å². The minimum atomic E-state index is -0.220. The summed E-state index contributed by atoms with van der Waals surface area (Å²) in [6.45, 7) is 0. The number of nitrogens with zero attached hydrogens (tertiary/aromatic N) is 1. The van der Waals surface area contributed by atoms with Crippen molar-refractivity contribution in [2.45, 2.75) is 0 Å². The Morgan fingerprint density at radius 1 is 0.786 bits per heavy atom. The number of phenolic OH excluding ortho intramolecular Hbond substituents is 1. The van der Waals surface area contributed by atoms with E-state index in [1.54, 1.807) is 16.7 Å². The molecule has 1 aliphatic heterocycles. The van der Waals surface area contributed by atoms with Gasteiger partial charge in [-0.1, -0.05) is 0 Å². The molecule has 0 saturated carbocycles. The lowest BCUT2D eigenvalue weighted by Crippen LogP contribution is -2.01. The molecule has 8 heteroatoms. The van der Waals surface area contributed by atoms with Crippen molar-refractivity contribution >= 4 is 16.7 Å². The van der Waals surface area contributed by atoms with Crippen molar-refractivity contribution in [2.75, 3.05) is 35.5 Å². The molecule has 2 heterocycles. The lowest BCUT2D eigenvalue weighted by Gasteiger charge is -2.17. The number of aromatic nitrogens is 1. The summed E-state index contributed by atoms with van der Waals surface area (Å²) in [7, 11) is 7.38. The SMILES string of the molecule is COc1cc2c(c(OC)c1O)-n1c(cc3cc(OC)c(OC)c(OC)c31)C2=O. The van der Waals surface area contributed by atoms with Crippen molar-refractivity contribution in [3.63, 3.8) is 0 Å². The van der Waals surface area contributed by atoms with E-state index in [0.717, 1.165) is 5.39 Å². The molecular formula is C20H19NO7. The molecule has 28 heavy (non-hydrogen) atoms. The van der Waals surface area contributed by atoms with Crippen molar-refractivity contribution in [1.29, 1.82) is 0 Å². The molecule has 0 radical (unpaired) electrons. The monoisotopic (exact) mass is 385 g/mol. The Morgan fingerprint density at radius 2 is 1.43 bits per heavy atom. The van der Waals surface area contributed by atoms with Gasteiger partial charge < -0.3 is 28.8 Å². The number of carbonyl (C=O) groups is 1. The summed E-state index contributed by atoms with van der Waals surface area (Å²) in [5.41, 5.74) is 1.79. The Balaban J connectivity index is 2.18. The van der Waals surface area contributed by atoms with Crippen LogP contribution in [0.5, 0.6) is 34.5 Å². The molecule has 1 N–H and O–H groups in total. The fraction of sp³-hybridized carbons (Fsp3) is 0.250. The van der Waals surface area contributed by atoms with Gasteiger partial charge in [-0.05, 0) is 18.2 Å². The van der Waals surface area contributed by atoms with Gasteiger partial charge in [0.05, 0.1) is 46.8 Å². The van der Waals surface area contributed by atoms with Gasteiger partial charge in [-0.25, -0.2) is 0 Å². The molecule has 0 aliphatic carbocycles. The first-order valence-electron chi connectivity index (χ1n) is 8.39. The number of phenols is 1. The third kappa shape index (κ3) is 2.08. The quantitative estimate of drug-likeness (QED) is 0.565. The first-order valence-corrected chi connectivity index (χ1v) is 8.39. The van der Waals surface area contributed by atoms with E-state index in [-0.39, 0.29) is 23.0 Å². The van der Waals surface area contributed by atoms with Crippen LogP contribution in [0.25, 0.3) is 16.6 Å². The van der Waals surface area contributed by atoms with Crippen LogP contribution in [0.4, 0.5) is 0 Å². The van der Waals surface area contributed by atoms with Crippen LogP contribution >= 0.6 is 0 Å². The van der Waals surface area contributed by atoms with Gasteiger partial charge in [0.15, 0.2) is 23.0 Å². The fourth-order valence-electron chi connectivity index (χ4n) is 3.73. The molecule has 0 unspecified atom stereocenters. The number of fused-ring (bicyclic) bond motifs is 5. The Labute approximate surface area is 160 Å². The highest BCUT2D eigenvalue weighted by Crippen LogP contribution is 2.52. The summed E-state index contributed by atoms with van der Waals surface area (Å²) in [6, 6.07) is 5.01. The van der Waals surface area contributed by atoms with Gasteiger partial charge in [0.1, 0.15) is 11.2 Å². The third-order valence-electron chi connectivity index (χ3n) is 4.91. The van der Waals surface area contributed by atoms with Crippen LogP contribution in [0.2, 0.25) is 0 Å². The van der Waals surface area contributed by atoms with Crippen LogP contribution in [-0.4, -0.2) is 51.0 Å². The summed E-state index contributed by atoms with van der Waals surface area (Å²) in [4.78, 5) is 13.1. The third-order valence-corrected chi connectivity index (χ3v) is 4.91. The van der Waals surface area contributed by atoms with Crippen molar-refractivity contribution < 1.29 is 33.6 Å². The number of methoxy groups -OCH3 is 5. The molecule has 0 fully saturated rings.